The summed E-state index contributed by atoms with van der Waals surface area (Å²) in [6.07, 6.45) is -1.34. The maximum Gasteiger partial charge on any atom is 0.229 e. The Morgan fingerprint density at radius 2 is 1.75 bits per heavy atom. The first-order valence-corrected chi connectivity index (χ1v) is 14.4. The molecular formula is C21H34O5SSi. The number of rotatable bonds is 6. The molecule has 0 N–H and O–H groups in total. The third-order valence-electron chi connectivity index (χ3n) is 6.48. The number of fused-ring (bicyclic) bond motifs is 1. The third-order valence-corrected chi connectivity index (χ3v) is 13.3. The Hall–Kier alpha value is -0.733. The molecular weight excluding hydrogens is 392 g/mol. The van der Waals surface area contributed by atoms with Crippen LogP contribution in [0.1, 0.15) is 40.2 Å². The molecule has 7 heteroatoms. The predicted octanol–water partition coefficient (Wildman–Crippen LogP) is 4.31. The van der Waals surface area contributed by atoms with Gasteiger partial charge in [-0.25, -0.2) is 8.42 Å². The minimum Gasteiger partial charge on any atom is -0.414 e. The van der Waals surface area contributed by atoms with Crippen molar-refractivity contribution in [2.45, 2.75) is 87.8 Å². The van der Waals surface area contributed by atoms with Gasteiger partial charge in [-0.15, -0.1) is 0 Å². The van der Waals surface area contributed by atoms with Gasteiger partial charge in [0.1, 0.15) is 18.3 Å². The van der Waals surface area contributed by atoms with E-state index in [2.05, 4.69) is 33.9 Å². The van der Waals surface area contributed by atoms with Gasteiger partial charge < -0.3 is 13.9 Å². The second-order valence-electron chi connectivity index (χ2n) is 9.99. The number of aryl methyl sites for hydroxylation is 1. The van der Waals surface area contributed by atoms with Gasteiger partial charge >= 0.3 is 0 Å². The number of ether oxygens (including phenoxy) is 2. The highest BCUT2D eigenvalue weighted by atomic mass is 32.2. The summed E-state index contributed by atoms with van der Waals surface area (Å²) in [5, 5.41) is 0.0819. The second-order valence-corrected chi connectivity index (χ2v) is 16.9. The van der Waals surface area contributed by atoms with Crippen molar-refractivity contribution in [1.29, 1.82) is 0 Å². The number of epoxide rings is 1. The Bertz CT molecular complexity index is 825. The van der Waals surface area contributed by atoms with Crippen LogP contribution in [0.15, 0.2) is 29.2 Å². The zero-order valence-corrected chi connectivity index (χ0v) is 20.1. The highest BCUT2D eigenvalue weighted by molar-refractivity contribution is 7.93. The topological polar surface area (TPSA) is 65.1 Å². The summed E-state index contributed by atoms with van der Waals surface area (Å²) in [5.41, 5.74) is 1.02. The molecule has 0 spiro atoms. The molecule has 5 nitrogen and oxygen atoms in total. The summed E-state index contributed by atoms with van der Waals surface area (Å²) in [6.45, 7) is 17.2. The molecule has 1 aromatic rings. The van der Waals surface area contributed by atoms with E-state index in [1.54, 1.807) is 12.1 Å². The molecule has 2 saturated heterocycles. The lowest BCUT2D eigenvalue weighted by atomic mass is 10.0. The van der Waals surface area contributed by atoms with Gasteiger partial charge in [0.25, 0.3) is 0 Å². The molecule has 4 atom stereocenters. The molecule has 2 aliphatic rings. The molecule has 158 valence electrons. The van der Waals surface area contributed by atoms with Crippen LogP contribution in [-0.2, 0) is 23.7 Å². The van der Waals surface area contributed by atoms with Crippen molar-refractivity contribution < 1.29 is 22.3 Å². The molecule has 0 saturated carbocycles. The van der Waals surface area contributed by atoms with Crippen LogP contribution in [0.4, 0.5) is 0 Å². The van der Waals surface area contributed by atoms with Gasteiger partial charge in [0.05, 0.1) is 11.5 Å². The van der Waals surface area contributed by atoms with Crippen molar-refractivity contribution in [3.8, 4) is 0 Å². The number of sulfone groups is 1. The van der Waals surface area contributed by atoms with Gasteiger partial charge in [0, 0.05) is 0 Å². The lowest BCUT2D eigenvalue weighted by Gasteiger charge is -2.37. The fourth-order valence-electron chi connectivity index (χ4n) is 3.61. The smallest absolute Gasteiger partial charge is 0.229 e. The first kappa shape index (κ1) is 22.0. The van der Waals surface area contributed by atoms with Gasteiger partial charge in [-0.2, -0.15) is 0 Å². The molecule has 2 aliphatic heterocycles. The average molecular weight is 427 g/mol. The van der Waals surface area contributed by atoms with Crippen LogP contribution < -0.4 is 0 Å². The quantitative estimate of drug-likeness (QED) is 0.501. The van der Waals surface area contributed by atoms with E-state index in [0.29, 0.717) is 11.5 Å². The Labute approximate surface area is 170 Å². The van der Waals surface area contributed by atoms with Crippen molar-refractivity contribution in [3.63, 3.8) is 0 Å². The Morgan fingerprint density at radius 3 is 2.25 bits per heavy atom. The summed E-state index contributed by atoms with van der Waals surface area (Å²) in [5.74, 6) is 0.0168. The van der Waals surface area contributed by atoms with E-state index in [0.717, 1.165) is 5.56 Å². The van der Waals surface area contributed by atoms with Crippen molar-refractivity contribution in [2.24, 2.45) is 5.92 Å². The molecule has 2 fully saturated rings. The Balaban J connectivity index is 1.86. The molecule has 2 heterocycles. The Morgan fingerprint density at radius 1 is 1.18 bits per heavy atom. The number of hydrogen-bond acceptors (Lipinski definition) is 5. The van der Waals surface area contributed by atoms with Crippen LogP contribution in [0.25, 0.3) is 0 Å². The third kappa shape index (κ3) is 3.39. The molecule has 0 radical (unpaired) electrons. The van der Waals surface area contributed by atoms with Crippen molar-refractivity contribution in [1.82, 2.24) is 0 Å². The fourth-order valence-corrected chi connectivity index (χ4v) is 6.81. The minimum atomic E-state index is -3.68. The van der Waals surface area contributed by atoms with E-state index >= 15 is 0 Å². The van der Waals surface area contributed by atoms with Gasteiger partial charge in [-0.1, -0.05) is 52.3 Å². The van der Waals surface area contributed by atoms with Crippen molar-refractivity contribution in [3.05, 3.63) is 29.8 Å². The van der Waals surface area contributed by atoms with E-state index in [9.17, 15) is 8.42 Å². The van der Waals surface area contributed by atoms with E-state index in [1.165, 1.54) is 0 Å². The van der Waals surface area contributed by atoms with Crippen LogP contribution in [-0.4, -0.2) is 46.6 Å². The summed E-state index contributed by atoms with van der Waals surface area (Å²) in [7, 11) is -5.64. The lowest BCUT2D eigenvalue weighted by molar-refractivity contribution is -0.0723. The maximum atomic E-state index is 13.5. The molecule has 0 aliphatic carbocycles. The van der Waals surface area contributed by atoms with Crippen LogP contribution in [0.2, 0.25) is 18.1 Å². The monoisotopic (exact) mass is 426 g/mol. The van der Waals surface area contributed by atoms with Crippen LogP contribution in [0.5, 0.6) is 0 Å². The predicted molar refractivity (Wildman–Crippen MR) is 113 cm³/mol. The molecule has 0 unspecified atom stereocenters. The summed E-state index contributed by atoms with van der Waals surface area (Å²) in [6, 6.07) is 6.96. The maximum absolute atomic E-state index is 13.5. The summed E-state index contributed by atoms with van der Waals surface area (Å²) in [4.78, 5) is -1.00. The first-order valence-electron chi connectivity index (χ1n) is 10.0. The van der Waals surface area contributed by atoms with Gasteiger partial charge in [-0.3, -0.25) is 0 Å². The second kappa shape index (κ2) is 6.91. The Kier molecular flexibility index (Phi) is 5.42. The van der Waals surface area contributed by atoms with E-state index in [4.69, 9.17) is 13.9 Å². The van der Waals surface area contributed by atoms with Crippen LogP contribution >= 0.6 is 0 Å². The molecule has 28 heavy (non-hydrogen) atoms. The fraction of sp³-hybridized carbons (Fsp3) is 0.714. The standard InChI is InChI=1S/C21H34O5SSi/c1-14(2)18-21(27(22,23)16-11-9-15(3)10-12-16)19(26-21)17(25-18)13-24-28(7,8)20(4,5)6/h9-12,14,17-19H,13H2,1-8H3/t17-,18-,19-,21-/m1/s1. The normalized spacial score (nSPS) is 30.5. The molecule has 0 aromatic heterocycles. The SMILES string of the molecule is Cc1ccc(S(=O)(=O)[C@@]23O[C@@H]2[C@@H](CO[Si](C)(C)C(C)(C)C)O[C@@H]3C(C)C)cc1. The van der Waals surface area contributed by atoms with Crippen LogP contribution in [0, 0.1) is 12.8 Å². The molecule has 0 amide bonds. The largest absolute Gasteiger partial charge is 0.414 e. The number of benzene rings is 1. The van der Waals surface area contributed by atoms with Crippen molar-refractivity contribution >= 4 is 18.2 Å². The highest BCUT2D eigenvalue weighted by Crippen LogP contribution is 2.57. The first-order chi connectivity index (χ1) is 12.7. The zero-order valence-electron chi connectivity index (χ0n) is 18.3. The number of hydrogen-bond donors (Lipinski definition) is 0. The lowest BCUT2D eigenvalue weighted by Crippen LogP contribution is -2.43. The van der Waals surface area contributed by atoms with E-state index in [-0.39, 0.29) is 17.1 Å². The zero-order chi connectivity index (χ0) is 21.1. The minimum absolute atomic E-state index is 0.0168. The van der Waals surface area contributed by atoms with Gasteiger partial charge in [-0.05, 0) is 43.1 Å². The summed E-state index contributed by atoms with van der Waals surface area (Å²) < 4.78 is 45.5. The molecule has 3 rings (SSSR count). The summed E-state index contributed by atoms with van der Waals surface area (Å²) >= 11 is 0. The van der Waals surface area contributed by atoms with Gasteiger partial charge in [0.2, 0.25) is 14.8 Å². The highest BCUT2D eigenvalue weighted by Gasteiger charge is 2.79. The van der Waals surface area contributed by atoms with E-state index in [1.807, 2.05) is 32.9 Å². The molecule has 1 aromatic carbocycles. The van der Waals surface area contributed by atoms with E-state index < -0.39 is 35.3 Å². The van der Waals surface area contributed by atoms with Crippen molar-refractivity contribution in [2.75, 3.05) is 6.61 Å². The molecule has 0 bridgehead atoms. The van der Waals surface area contributed by atoms with Crippen LogP contribution in [0.3, 0.4) is 0 Å². The van der Waals surface area contributed by atoms with Gasteiger partial charge in [0.15, 0.2) is 8.32 Å². The average Bonchev–Trinajstić information content (AvgIpc) is 3.23.